The molecule has 1 heterocycles. The lowest BCUT2D eigenvalue weighted by Gasteiger charge is -2.05. The van der Waals surface area contributed by atoms with Crippen LogP contribution in [-0.2, 0) is 16.4 Å². The number of aromatic amines is 1. The molecule has 0 aliphatic rings. The molecule has 0 aliphatic carbocycles. The van der Waals surface area contributed by atoms with E-state index in [-0.39, 0.29) is 11.6 Å². The van der Waals surface area contributed by atoms with Crippen LogP contribution in [0.4, 0.5) is 4.39 Å². The molecule has 1 aromatic carbocycles. The van der Waals surface area contributed by atoms with Crippen LogP contribution in [0.25, 0.3) is 10.9 Å². The summed E-state index contributed by atoms with van der Waals surface area (Å²) in [4.78, 5) is 2.99. The van der Waals surface area contributed by atoms with Gasteiger partial charge < -0.3 is 4.98 Å². The van der Waals surface area contributed by atoms with E-state index in [1.54, 1.807) is 12.3 Å². The van der Waals surface area contributed by atoms with Crippen LogP contribution in [0, 0.1) is 5.82 Å². The number of nitrogens with one attached hydrogen (secondary N) is 2. The third kappa shape index (κ3) is 3.80. The minimum absolute atomic E-state index is 0.169. The van der Waals surface area contributed by atoms with Gasteiger partial charge in [-0.1, -0.05) is 13.3 Å². The standard InChI is InChI=1S/C14H19FN2O2S/c1-2-3-8-20(18,19)17-7-6-11-10-16-14-9-12(15)4-5-13(11)14/h4-5,9-10,16-17H,2-3,6-8H2,1H3. The SMILES string of the molecule is CCCCS(=O)(=O)NCCc1c[nH]c2cc(F)ccc12. The zero-order chi connectivity index (χ0) is 14.6. The first-order chi connectivity index (χ1) is 9.52. The van der Waals surface area contributed by atoms with Gasteiger partial charge >= 0.3 is 0 Å². The van der Waals surface area contributed by atoms with Crippen molar-refractivity contribution in [3.05, 3.63) is 35.8 Å². The summed E-state index contributed by atoms with van der Waals surface area (Å²) in [5.41, 5.74) is 1.71. The van der Waals surface area contributed by atoms with Crippen LogP contribution in [0.2, 0.25) is 0 Å². The number of hydrogen-bond acceptors (Lipinski definition) is 2. The lowest BCUT2D eigenvalue weighted by Crippen LogP contribution is -2.28. The fourth-order valence-electron chi connectivity index (χ4n) is 2.11. The molecule has 20 heavy (non-hydrogen) atoms. The first-order valence-corrected chi connectivity index (χ1v) is 8.40. The highest BCUT2D eigenvalue weighted by Gasteiger charge is 2.10. The van der Waals surface area contributed by atoms with Crippen LogP contribution in [0.3, 0.4) is 0 Å². The number of hydrogen-bond donors (Lipinski definition) is 2. The Kier molecular flexibility index (Phi) is 4.77. The lowest BCUT2D eigenvalue weighted by molar-refractivity contribution is 0.578. The molecule has 2 rings (SSSR count). The van der Waals surface area contributed by atoms with E-state index in [1.807, 2.05) is 6.92 Å². The topological polar surface area (TPSA) is 62.0 Å². The molecular formula is C14H19FN2O2S. The second kappa shape index (κ2) is 6.37. The summed E-state index contributed by atoms with van der Waals surface area (Å²) < 4.78 is 39.0. The molecule has 0 bridgehead atoms. The fraction of sp³-hybridized carbons (Fsp3) is 0.429. The molecule has 1 aromatic heterocycles. The summed E-state index contributed by atoms with van der Waals surface area (Å²) in [6.07, 6.45) is 3.90. The first kappa shape index (κ1) is 15.0. The predicted molar refractivity (Wildman–Crippen MR) is 78.7 cm³/mol. The maximum atomic E-state index is 13.1. The highest BCUT2D eigenvalue weighted by atomic mass is 32.2. The normalized spacial score (nSPS) is 12.1. The molecule has 0 spiro atoms. The zero-order valence-electron chi connectivity index (χ0n) is 11.4. The van der Waals surface area contributed by atoms with Gasteiger partial charge in [-0.05, 0) is 36.6 Å². The van der Waals surface area contributed by atoms with Crippen molar-refractivity contribution in [2.45, 2.75) is 26.2 Å². The van der Waals surface area contributed by atoms with Gasteiger partial charge in [0.25, 0.3) is 0 Å². The van der Waals surface area contributed by atoms with E-state index in [1.165, 1.54) is 12.1 Å². The number of sulfonamides is 1. The molecule has 0 aliphatic heterocycles. The molecule has 110 valence electrons. The van der Waals surface area contributed by atoms with Crippen molar-refractivity contribution in [2.24, 2.45) is 0 Å². The van der Waals surface area contributed by atoms with Gasteiger partial charge in [0.15, 0.2) is 0 Å². The molecule has 0 saturated carbocycles. The highest BCUT2D eigenvalue weighted by molar-refractivity contribution is 7.89. The Morgan fingerprint density at radius 2 is 2.15 bits per heavy atom. The Morgan fingerprint density at radius 3 is 2.90 bits per heavy atom. The van der Waals surface area contributed by atoms with Crippen molar-refractivity contribution in [3.8, 4) is 0 Å². The smallest absolute Gasteiger partial charge is 0.211 e. The number of rotatable bonds is 7. The van der Waals surface area contributed by atoms with Crippen molar-refractivity contribution >= 4 is 20.9 Å². The van der Waals surface area contributed by atoms with Crippen molar-refractivity contribution in [3.63, 3.8) is 0 Å². The molecule has 2 N–H and O–H groups in total. The maximum Gasteiger partial charge on any atom is 0.211 e. The third-order valence-corrected chi connectivity index (χ3v) is 4.68. The van der Waals surface area contributed by atoms with Gasteiger partial charge in [-0.25, -0.2) is 17.5 Å². The fourth-order valence-corrected chi connectivity index (χ4v) is 3.34. The summed E-state index contributed by atoms with van der Waals surface area (Å²) >= 11 is 0. The van der Waals surface area contributed by atoms with Crippen LogP contribution >= 0.6 is 0 Å². The first-order valence-electron chi connectivity index (χ1n) is 6.74. The average molecular weight is 298 g/mol. The van der Waals surface area contributed by atoms with Gasteiger partial charge in [-0.15, -0.1) is 0 Å². The van der Waals surface area contributed by atoms with E-state index in [2.05, 4.69) is 9.71 Å². The van der Waals surface area contributed by atoms with Crippen molar-refractivity contribution < 1.29 is 12.8 Å². The minimum atomic E-state index is -3.18. The second-order valence-corrected chi connectivity index (χ2v) is 6.75. The summed E-state index contributed by atoms with van der Waals surface area (Å²) in [5, 5.41) is 0.930. The van der Waals surface area contributed by atoms with Gasteiger partial charge in [0, 0.05) is 23.6 Å². The summed E-state index contributed by atoms with van der Waals surface area (Å²) in [5.74, 6) is -0.117. The predicted octanol–water partition coefficient (Wildman–Crippen LogP) is 2.57. The second-order valence-electron chi connectivity index (χ2n) is 4.82. The average Bonchev–Trinajstić information content (AvgIpc) is 2.79. The molecule has 0 atom stereocenters. The van der Waals surface area contributed by atoms with Crippen LogP contribution in [0.5, 0.6) is 0 Å². The van der Waals surface area contributed by atoms with E-state index in [0.717, 1.165) is 22.9 Å². The van der Waals surface area contributed by atoms with E-state index in [0.29, 0.717) is 19.4 Å². The van der Waals surface area contributed by atoms with E-state index >= 15 is 0 Å². The van der Waals surface area contributed by atoms with Gasteiger partial charge in [0.2, 0.25) is 10.0 Å². The van der Waals surface area contributed by atoms with Crippen molar-refractivity contribution in [1.82, 2.24) is 9.71 Å². The molecule has 0 unspecified atom stereocenters. The summed E-state index contributed by atoms with van der Waals surface area (Å²) in [6.45, 7) is 2.32. The van der Waals surface area contributed by atoms with Gasteiger partial charge in [0.05, 0.1) is 5.75 Å². The third-order valence-electron chi connectivity index (χ3n) is 3.21. The number of benzene rings is 1. The Bertz CT molecular complexity index is 680. The monoisotopic (exact) mass is 298 g/mol. The van der Waals surface area contributed by atoms with Crippen LogP contribution in [-0.4, -0.2) is 25.7 Å². The Balaban J connectivity index is 1.96. The van der Waals surface area contributed by atoms with E-state index < -0.39 is 10.0 Å². The van der Waals surface area contributed by atoms with Gasteiger partial charge in [-0.3, -0.25) is 0 Å². The molecule has 4 nitrogen and oxygen atoms in total. The number of halogens is 1. The summed E-state index contributed by atoms with van der Waals surface area (Å²) in [7, 11) is -3.18. The Hall–Kier alpha value is -1.40. The molecule has 0 saturated heterocycles. The van der Waals surface area contributed by atoms with Gasteiger partial charge in [0.1, 0.15) is 5.82 Å². The van der Waals surface area contributed by atoms with Crippen LogP contribution in [0.15, 0.2) is 24.4 Å². The van der Waals surface area contributed by atoms with E-state index in [4.69, 9.17) is 0 Å². The van der Waals surface area contributed by atoms with Crippen LogP contribution in [0.1, 0.15) is 25.3 Å². The minimum Gasteiger partial charge on any atom is -0.361 e. The van der Waals surface area contributed by atoms with Crippen LogP contribution < -0.4 is 4.72 Å². The maximum absolute atomic E-state index is 13.1. The van der Waals surface area contributed by atoms with E-state index in [9.17, 15) is 12.8 Å². The number of H-pyrrole nitrogens is 1. The van der Waals surface area contributed by atoms with Crippen molar-refractivity contribution in [2.75, 3.05) is 12.3 Å². The number of unbranched alkanes of at least 4 members (excludes halogenated alkanes) is 1. The quantitative estimate of drug-likeness (QED) is 0.825. The molecule has 2 aromatic rings. The highest BCUT2D eigenvalue weighted by Crippen LogP contribution is 2.19. The molecule has 6 heteroatoms. The summed E-state index contributed by atoms with van der Waals surface area (Å²) in [6, 6.07) is 4.55. The molecule has 0 amide bonds. The molecule has 0 fully saturated rings. The van der Waals surface area contributed by atoms with Gasteiger partial charge in [-0.2, -0.15) is 0 Å². The number of fused-ring (bicyclic) bond motifs is 1. The largest absolute Gasteiger partial charge is 0.361 e. The Morgan fingerprint density at radius 1 is 1.35 bits per heavy atom. The van der Waals surface area contributed by atoms with Crippen molar-refractivity contribution in [1.29, 1.82) is 0 Å². The molecular weight excluding hydrogens is 279 g/mol. The number of aromatic nitrogens is 1. The zero-order valence-corrected chi connectivity index (χ0v) is 12.3. The molecule has 0 radical (unpaired) electrons. The lowest BCUT2D eigenvalue weighted by atomic mass is 10.1. The Labute approximate surface area is 118 Å².